The minimum atomic E-state index is 0.187. The fourth-order valence-electron chi connectivity index (χ4n) is 3.13. The highest BCUT2D eigenvalue weighted by atomic mass is 14.6. The number of benzene rings is 1. The summed E-state index contributed by atoms with van der Waals surface area (Å²) in [6.07, 6.45) is 4.20. The average Bonchev–Trinajstić information content (AvgIpc) is 2.67. The monoisotopic (exact) mass is 253 g/mol. The Kier molecular flexibility index (Phi) is 3.75. The van der Waals surface area contributed by atoms with Crippen molar-refractivity contribution in [3.8, 4) is 0 Å². The van der Waals surface area contributed by atoms with E-state index in [4.69, 9.17) is 0 Å². The van der Waals surface area contributed by atoms with Crippen LogP contribution in [0, 0.1) is 11.3 Å². The van der Waals surface area contributed by atoms with Gasteiger partial charge in [0.05, 0.1) is 0 Å². The van der Waals surface area contributed by atoms with E-state index in [9.17, 15) is 0 Å². The zero-order valence-corrected chi connectivity index (χ0v) is 12.4. The van der Waals surface area contributed by atoms with E-state index in [1.165, 1.54) is 16.7 Å². The van der Waals surface area contributed by atoms with Crippen molar-refractivity contribution in [1.82, 2.24) is 0 Å². The van der Waals surface area contributed by atoms with Crippen LogP contribution in [-0.4, -0.2) is 13.3 Å². The molecule has 0 aliphatic heterocycles. The lowest BCUT2D eigenvalue weighted by Gasteiger charge is -2.34. The third-order valence-electron chi connectivity index (χ3n) is 3.81. The molecule has 0 aromatic heterocycles. The SMILES string of the molecule is C=C1C=C(/C=N\C)C(C(C)(C)C)C1c1ccccc1. The molecular weight excluding hydrogens is 230 g/mol. The van der Waals surface area contributed by atoms with Crippen LogP contribution in [-0.2, 0) is 0 Å². The highest BCUT2D eigenvalue weighted by Gasteiger charge is 2.40. The Labute approximate surface area is 116 Å². The summed E-state index contributed by atoms with van der Waals surface area (Å²) >= 11 is 0. The van der Waals surface area contributed by atoms with Gasteiger partial charge in [-0.05, 0) is 22.1 Å². The highest BCUT2D eigenvalue weighted by Crippen LogP contribution is 2.50. The first-order valence-corrected chi connectivity index (χ1v) is 6.82. The van der Waals surface area contributed by atoms with Crippen LogP contribution in [0.1, 0.15) is 32.3 Å². The largest absolute Gasteiger partial charge is 0.296 e. The molecule has 2 atom stereocenters. The molecule has 1 aliphatic carbocycles. The summed E-state index contributed by atoms with van der Waals surface area (Å²) in [5, 5.41) is 0. The van der Waals surface area contributed by atoms with Gasteiger partial charge in [-0.25, -0.2) is 0 Å². The summed E-state index contributed by atoms with van der Waals surface area (Å²) in [6, 6.07) is 10.7. The molecule has 0 bridgehead atoms. The molecule has 0 N–H and O–H groups in total. The number of hydrogen-bond acceptors (Lipinski definition) is 1. The Balaban J connectivity index is 2.47. The molecular formula is C18H23N. The van der Waals surface area contributed by atoms with Crippen molar-refractivity contribution in [2.75, 3.05) is 7.05 Å². The summed E-state index contributed by atoms with van der Waals surface area (Å²) in [4.78, 5) is 4.21. The third kappa shape index (κ3) is 2.70. The van der Waals surface area contributed by atoms with Crippen LogP contribution in [0.4, 0.5) is 0 Å². The van der Waals surface area contributed by atoms with Gasteiger partial charge >= 0.3 is 0 Å². The molecule has 1 aliphatic rings. The predicted molar refractivity (Wildman–Crippen MR) is 83.8 cm³/mol. The van der Waals surface area contributed by atoms with Gasteiger partial charge in [-0.2, -0.15) is 0 Å². The summed E-state index contributed by atoms with van der Waals surface area (Å²) in [7, 11) is 1.83. The van der Waals surface area contributed by atoms with Crippen molar-refractivity contribution >= 4 is 6.21 Å². The number of allylic oxidation sites excluding steroid dienone is 3. The van der Waals surface area contributed by atoms with E-state index in [2.05, 4.69) is 68.8 Å². The number of nitrogens with zero attached hydrogens (tertiary/aromatic N) is 1. The molecule has 0 spiro atoms. The van der Waals surface area contributed by atoms with E-state index in [-0.39, 0.29) is 5.41 Å². The summed E-state index contributed by atoms with van der Waals surface area (Å²) < 4.78 is 0. The first-order valence-electron chi connectivity index (χ1n) is 6.82. The van der Waals surface area contributed by atoms with Crippen molar-refractivity contribution in [2.45, 2.75) is 26.7 Å². The fraction of sp³-hybridized carbons (Fsp3) is 0.389. The van der Waals surface area contributed by atoms with E-state index in [0.717, 1.165) is 0 Å². The standard InChI is InChI=1S/C18H23N/c1-13-11-15(12-19-5)17(18(2,3)4)16(13)14-9-7-6-8-10-14/h6-12,16-17H,1H2,2-5H3/b19-12-. The summed E-state index contributed by atoms with van der Waals surface area (Å²) in [5.41, 5.74) is 4.03. The third-order valence-corrected chi connectivity index (χ3v) is 3.81. The normalized spacial score (nSPS) is 24.0. The van der Waals surface area contributed by atoms with Gasteiger partial charge in [0.25, 0.3) is 0 Å². The van der Waals surface area contributed by atoms with Gasteiger partial charge < -0.3 is 0 Å². The smallest absolute Gasteiger partial charge is 0.0277 e. The van der Waals surface area contributed by atoms with Gasteiger partial charge in [0.15, 0.2) is 0 Å². The fourth-order valence-corrected chi connectivity index (χ4v) is 3.13. The molecule has 2 rings (SSSR count). The van der Waals surface area contributed by atoms with Crippen LogP contribution in [0.15, 0.2) is 59.1 Å². The first kappa shape index (κ1) is 13.8. The average molecular weight is 253 g/mol. The van der Waals surface area contributed by atoms with Crippen molar-refractivity contribution in [1.29, 1.82) is 0 Å². The Morgan fingerprint density at radius 1 is 1.16 bits per heavy atom. The number of rotatable bonds is 2. The molecule has 0 fully saturated rings. The van der Waals surface area contributed by atoms with Gasteiger partial charge in [-0.1, -0.05) is 63.8 Å². The molecule has 0 heterocycles. The lowest BCUT2D eigenvalue weighted by Crippen LogP contribution is -2.26. The molecule has 2 unspecified atom stereocenters. The van der Waals surface area contributed by atoms with Crippen LogP contribution >= 0.6 is 0 Å². The molecule has 1 aromatic carbocycles. The van der Waals surface area contributed by atoms with Crippen molar-refractivity contribution in [3.05, 3.63) is 59.7 Å². The molecule has 19 heavy (non-hydrogen) atoms. The zero-order valence-electron chi connectivity index (χ0n) is 12.4. The minimum Gasteiger partial charge on any atom is -0.296 e. The molecule has 1 heteroatoms. The van der Waals surface area contributed by atoms with Crippen molar-refractivity contribution in [2.24, 2.45) is 16.3 Å². The maximum Gasteiger partial charge on any atom is 0.0277 e. The van der Waals surface area contributed by atoms with Crippen LogP contribution in [0.25, 0.3) is 0 Å². The van der Waals surface area contributed by atoms with Gasteiger partial charge in [0, 0.05) is 25.1 Å². The Morgan fingerprint density at radius 2 is 1.79 bits per heavy atom. The summed E-state index contributed by atoms with van der Waals surface area (Å²) in [6.45, 7) is 11.2. The maximum absolute atomic E-state index is 4.27. The molecule has 0 radical (unpaired) electrons. The van der Waals surface area contributed by atoms with Crippen molar-refractivity contribution in [3.63, 3.8) is 0 Å². The van der Waals surface area contributed by atoms with Gasteiger partial charge in [-0.3, -0.25) is 4.99 Å². The molecule has 0 saturated heterocycles. The lowest BCUT2D eigenvalue weighted by atomic mass is 9.69. The Bertz CT molecular complexity index is 514. The maximum atomic E-state index is 4.27. The second-order valence-corrected chi connectivity index (χ2v) is 6.34. The molecule has 0 saturated carbocycles. The molecule has 1 aromatic rings. The van der Waals surface area contributed by atoms with E-state index in [1.807, 2.05) is 13.3 Å². The lowest BCUT2D eigenvalue weighted by molar-refractivity contribution is 0.271. The molecule has 1 nitrogen and oxygen atoms in total. The van der Waals surface area contributed by atoms with E-state index in [1.54, 1.807) is 0 Å². The van der Waals surface area contributed by atoms with Gasteiger partial charge in [0.2, 0.25) is 0 Å². The van der Waals surface area contributed by atoms with Gasteiger partial charge in [0.1, 0.15) is 0 Å². The first-order chi connectivity index (χ1) is 8.95. The second kappa shape index (κ2) is 5.16. The quantitative estimate of drug-likeness (QED) is 0.681. The Hall–Kier alpha value is -1.63. The van der Waals surface area contributed by atoms with Crippen LogP contribution in [0.2, 0.25) is 0 Å². The summed E-state index contributed by atoms with van der Waals surface area (Å²) in [5.74, 6) is 0.806. The van der Waals surface area contributed by atoms with Crippen LogP contribution in [0.5, 0.6) is 0 Å². The zero-order chi connectivity index (χ0) is 14.0. The molecule has 100 valence electrons. The minimum absolute atomic E-state index is 0.187. The molecule has 0 amide bonds. The van der Waals surface area contributed by atoms with E-state index in [0.29, 0.717) is 11.8 Å². The van der Waals surface area contributed by atoms with Crippen LogP contribution < -0.4 is 0 Å². The number of hydrogen-bond donors (Lipinski definition) is 0. The van der Waals surface area contributed by atoms with E-state index >= 15 is 0 Å². The Morgan fingerprint density at radius 3 is 2.32 bits per heavy atom. The topological polar surface area (TPSA) is 12.4 Å². The van der Waals surface area contributed by atoms with Crippen LogP contribution in [0.3, 0.4) is 0 Å². The van der Waals surface area contributed by atoms with Gasteiger partial charge in [-0.15, -0.1) is 0 Å². The highest BCUT2D eigenvalue weighted by molar-refractivity contribution is 5.82. The second-order valence-electron chi connectivity index (χ2n) is 6.34. The van der Waals surface area contributed by atoms with Crippen molar-refractivity contribution < 1.29 is 0 Å². The number of aliphatic imine (C=N–C) groups is 1. The predicted octanol–water partition coefficient (Wildman–Crippen LogP) is 4.63. The van der Waals surface area contributed by atoms with E-state index < -0.39 is 0 Å².